The first-order chi connectivity index (χ1) is 12.2. The van der Waals surface area contributed by atoms with Crippen molar-refractivity contribution in [2.24, 2.45) is 0 Å². The van der Waals surface area contributed by atoms with Crippen LogP contribution in [0.3, 0.4) is 0 Å². The molecule has 3 rings (SSSR count). The number of ether oxygens (including phenoxy) is 1. The van der Waals surface area contributed by atoms with Crippen molar-refractivity contribution >= 4 is 23.0 Å². The van der Waals surface area contributed by atoms with Crippen molar-refractivity contribution in [2.75, 3.05) is 25.6 Å². The van der Waals surface area contributed by atoms with Crippen LogP contribution >= 0.6 is 12.2 Å². The Labute approximate surface area is 154 Å². The van der Waals surface area contributed by atoms with Crippen LogP contribution in [0.25, 0.3) is 11.1 Å². The van der Waals surface area contributed by atoms with Gasteiger partial charge in [-0.2, -0.15) is 0 Å². The Balaban J connectivity index is 1.84. The van der Waals surface area contributed by atoms with Gasteiger partial charge in [-0.3, -0.25) is 0 Å². The molecule has 0 spiro atoms. The average Bonchev–Trinajstić information content (AvgIpc) is 2.68. The van der Waals surface area contributed by atoms with E-state index in [1.165, 1.54) is 0 Å². The normalized spacial score (nSPS) is 17.2. The van der Waals surface area contributed by atoms with Crippen LogP contribution in [0.15, 0.2) is 48.5 Å². The fourth-order valence-corrected chi connectivity index (χ4v) is 3.61. The molecule has 0 radical (unpaired) electrons. The molecule has 2 aromatic carbocycles. The number of rotatable bonds is 4. The van der Waals surface area contributed by atoms with E-state index < -0.39 is 0 Å². The average molecular weight is 356 g/mol. The molecule has 0 saturated carbocycles. The van der Waals surface area contributed by atoms with E-state index in [-0.39, 0.29) is 12.6 Å². The molecule has 25 heavy (non-hydrogen) atoms. The predicted octanol–water partition coefficient (Wildman–Crippen LogP) is 3.91. The zero-order valence-electron chi connectivity index (χ0n) is 14.4. The number of benzene rings is 2. The maximum absolute atomic E-state index is 9.62. The second-order valence-electron chi connectivity index (χ2n) is 6.24. The summed E-state index contributed by atoms with van der Waals surface area (Å²) in [6.07, 6.45) is 3.20. The Hall–Kier alpha value is -2.11. The van der Waals surface area contributed by atoms with Crippen LogP contribution in [0.2, 0.25) is 0 Å². The van der Waals surface area contributed by atoms with Gasteiger partial charge in [-0.1, -0.05) is 36.4 Å². The topological polar surface area (TPSA) is 44.7 Å². The molecule has 0 aromatic heterocycles. The molecule has 1 saturated heterocycles. The fourth-order valence-electron chi connectivity index (χ4n) is 3.26. The highest BCUT2D eigenvalue weighted by atomic mass is 32.1. The zero-order valence-corrected chi connectivity index (χ0v) is 15.3. The number of nitrogens with one attached hydrogen (secondary N) is 1. The van der Waals surface area contributed by atoms with Crippen molar-refractivity contribution in [1.29, 1.82) is 0 Å². The Morgan fingerprint density at radius 3 is 2.72 bits per heavy atom. The number of nitrogens with zero attached hydrogens (tertiary/aromatic N) is 1. The van der Waals surface area contributed by atoms with Gasteiger partial charge in [0.15, 0.2) is 5.11 Å². The molecule has 132 valence electrons. The van der Waals surface area contributed by atoms with E-state index in [1.54, 1.807) is 7.11 Å². The maximum atomic E-state index is 9.62. The van der Waals surface area contributed by atoms with Crippen molar-refractivity contribution in [3.63, 3.8) is 0 Å². The molecular weight excluding hydrogens is 332 g/mol. The minimum absolute atomic E-state index is 0.0945. The highest BCUT2D eigenvalue weighted by Gasteiger charge is 2.24. The van der Waals surface area contributed by atoms with E-state index >= 15 is 0 Å². The van der Waals surface area contributed by atoms with Gasteiger partial charge >= 0.3 is 0 Å². The number of anilines is 1. The van der Waals surface area contributed by atoms with Crippen molar-refractivity contribution in [1.82, 2.24) is 4.90 Å². The summed E-state index contributed by atoms with van der Waals surface area (Å²) in [5.74, 6) is 0.750. The van der Waals surface area contributed by atoms with Crippen LogP contribution in [-0.2, 0) is 0 Å². The monoisotopic (exact) mass is 356 g/mol. The van der Waals surface area contributed by atoms with Crippen LogP contribution in [0.1, 0.15) is 19.3 Å². The van der Waals surface area contributed by atoms with Crippen LogP contribution in [0.4, 0.5) is 5.69 Å². The molecule has 0 bridgehead atoms. The Morgan fingerprint density at radius 1 is 1.20 bits per heavy atom. The van der Waals surface area contributed by atoms with E-state index in [1.807, 2.05) is 30.3 Å². The third-order valence-electron chi connectivity index (χ3n) is 4.65. The first kappa shape index (κ1) is 17.7. The molecule has 1 fully saturated rings. The number of hydrogen-bond acceptors (Lipinski definition) is 3. The lowest BCUT2D eigenvalue weighted by molar-refractivity contribution is 0.149. The molecular formula is C20H24N2O2S. The third kappa shape index (κ3) is 4.11. The van der Waals surface area contributed by atoms with Gasteiger partial charge in [0.25, 0.3) is 0 Å². The molecule has 1 atom stereocenters. The first-order valence-electron chi connectivity index (χ1n) is 8.65. The summed E-state index contributed by atoms with van der Waals surface area (Å²) in [5.41, 5.74) is 3.09. The second-order valence-corrected chi connectivity index (χ2v) is 6.62. The zero-order chi connectivity index (χ0) is 17.6. The number of hydrogen-bond donors (Lipinski definition) is 2. The highest BCUT2D eigenvalue weighted by molar-refractivity contribution is 7.80. The van der Waals surface area contributed by atoms with Gasteiger partial charge in [-0.15, -0.1) is 0 Å². The van der Waals surface area contributed by atoms with Gasteiger partial charge < -0.3 is 20.1 Å². The number of methoxy groups -OCH3 is 1. The molecule has 1 aliphatic rings. The van der Waals surface area contributed by atoms with Crippen LogP contribution in [0, 0.1) is 0 Å². The summed E-state index contributed by atoms with van der Waals surface area (Å²) < 4.78 is 5.49. The molecule has 1 aliphatic heterocycles. The largest absolute Gasteiger partial charge is 0.495 e. The van der Waals surface area contributed by atoms with E-state index in [4.69, 9.17) is 17.0 Å². The minimum Gasteiger partial charge on any atom is -0.495 e. The number of piperidine rings is 1. The summed E-state index contributed by atoms with van der Waals surface area (Å²) >= 11 is 5.61. The van der Waals surface area contributed by atoms with E-state index in [9.17, 15) is 5.11 Å². The van der Waals surface area contributed by atoms with E-state index in [0.717, 1.165) is 48.4 Å². The smallest absolute Gasteiger partial charge is 0.173 e. The van der Waals surface area contributed by atoms with Gasteiger partial charge in [0, 0.05) is 6.54 Å². The fraction of sp³-hybridized carbons (Fsp3) is 0.350. The highest BCUT2D eigenvalue weighted by Crippen LogP contribution is 2.31. The van der Waals surface area contributed by atoms with Gasteiger partial charge in [0.2, 0.25) is 0 Å². The van der Waals surface area contributed by atoms with Crippen molar-refractivity contribution in [3.05, 3.63) is 48.5 Å². The van der Waals surface area contributed by atoms with Gasteiger partial charge in [-0.25, -0.2) is 0 Å². The molecule has 1 unspecified atom stereocenters. The minimum atomic E-state index is 0.0945. The molecule has 1 heterocycles. The summed E-state index contributed by atoms with van der Waals surface area (Å²) in [6.45, 7) is 1.00. The summed E-state index contributed by atoms with van der Waals surface area (Å²) in [6, 6.07) is 16.4. The van der Waals surface area contributed by atoms with Crippen molar-refractivity contribution in [3.8, 4) is 16.9 Å². The molecule has 0 amide bonds. The van der Waals surface area contributed by atoms with E-state index in [0.29, 0.717) is 5.11 Å². The molecule has 2 N–H and O–H groups in total. The molecule has 4 nitrogen and oxygen atoms in total. The van der Waals surface area contributed by atoms with Crippen molar-refractivity contribution < 1.29 is 9.84 Å². The van der Waals surface area contributed by atoms with Gasteiger partial charge in [0.05, 0.1) is 25.4 Å². The number of thiocarbonyl (C=S) groups is 1. The summed E-state index contributed by atoms with van der Waals surface area (Å²) in [7, 11) is 1.66. The van der Waals surface area contributed by atoms with Crippen LogP contribution < -0.4 is 10.1 Å². The Bertz CT molecular complexity index is 721. The second kappa shape index (κ2) is 8.32. The summed E-state index contributed by atoms with van der Waals surface area (Å²) in [5, 5.41) is 13.6. The summed E-state index contributed by atoms with van der Waals surface area (Å²) in [4.78, 5) is 2.09. The number of aliphatic hydroxyl groups is 1. The van der Waals surface area contributed by atoms with Crippen molar-refractivity contribution in [2.45, 2.75) is 25.3 Å². The SMILES string of the molecule is COc1ccc(-c2ccccc2)cc1NC(=S)N1CCCCC1CO. The third-order valence-corrected chi connectivity index (χ3v) is 4.98. The standard InChI is InChI=1S/C20H24N2O2S/c1-24-19-11-10-16(15-7-3-2-4-8-15)13-18(19)21-20(25)22-12-6-5-9-17(22)14-23/h2-4,7-8,10-11,13,17,23H,5-6,9,12,14H2,1H3,(H,21,25). The number of aliphatic hydroxyl groups excluding tert-OH is 1. The quantitative estimate of drug-likeness (QED) is 0.814. The maximum Gasteiger partial charge on any atom is 0.173 e. The Kier molecular flexibility index (Phi) is 5.89. The van der Waals surface area contributed by atoms with Crippen LogP contribution in [-0.4, -0.2) is 41.4 Å². The lowest BCUT2D eigenvalue weighted by Crippen LogP contribution is -2.47. The number of likely N-dealkylation sites (tertiary alicyclic amines) is 1. The lowest BCUT2D eigenvalue weighted by Gasteiger charge is -2.36. The lowest BCUT2D eigenvalue weighted by atomic mass is 10.0. The van der Waals surface area contributed by atoms with E-state index in [2.05, 4.69) is 28.4 Å². The van der Waals surface area contributed by atoms with Gasteiger partial charge in [0.1, 0.15) is 5.75 Å². The van der Waals surface area contributed by atoms with Gasteiger partial charge in [-0.05, 0) is 54.7 Å². The van der Waals surface area contributed by atoms with Crippen LogP contribution in [0.5, 0.6) is 5.75 Å². The molecule has 0 aliphatic carbocycles. The molecule has 2 aromatic rings. The molecule has 5 heteroatoms. The first-order valence-corrected chi connectivity index (χ1v) is 9.05. The Morgan fingerprint density at radius 2 is 2.00 bits per heavy atom. The predicted molar refractivity (Wildman–Crippen MR) is 106 cm³/mol.